The fourth-order valence-corrected chi connectivity index (χ4v) is 10.1. The topological polar surface area (TPSA) is 23.5 Å². The van der Waals surface area contributed by atoms with Crippen LogP contribution in [-0.2, 0) is 5.41 Å². The summed E-state index contributed by atoms with van der Waals surface area (Å²) in [6, 6.07) is 58.1. The van der Waals surface area contributed by atoms with Crippen LogP contribution in [0.5, 0.6) is 0 Å². The normalized spacial score (nSPS) is 13.1. The van der Waals surface area contributed by atoms with Gasteiger partial charge in [-0.25, -0.2) is 9.69 Å². The monoisotopic (exact) mass is 739 g/mol. The van der Waals surface area contributed by atoms with Gasteiger partial charge in [0, 0.05) is 49.1 Å². The summed E-state index contributed by atoms with van der Waals surface area (Å²) in [5.74, 6) is 0. The van der Waals surface area contributed by atoms with E-state index in [4.69, 9.17) is 13.1 Å². The van der Waals surface area contributed by atoms with E-state index in [1.165, 1.54) is 44.1 Å². The average Bonchev–Trinajstić information content (AvgIpc) is 3.95. The van der Waals surface area contributed by atoms with E-state index in [0.717, 1.165) is 60.7 Å². The largest absolute Gasteiger partial charge is 0.317 e. The van der Waals surface area contributed by atoms with E-state index in [9.17, 15) is 0 Å². The zero-order valence-electron chi connectivity index (χ0n) is 31.8. The molecule has 5 nitrogen and oxygen atoms in total. The van der Waals surface area contributed by atoms with Crippen LogP contribution in [0.2, 0.25) is 0 Å². The smallest absolute Gasteiger partial charge is 0.202 e. The molecule has 8 aromatic carbocycles. The molecule has 0 fully saturated rings. The highest BCUT2D eigenvalue weighted by atomic mass is 15.1. The Morgan fingerprint density at radius 3 is 1.38 bits per heavy atom. The molecule has 1 aliphatic rings. The Balaban J connectivity index is 1.18. The van der Waals surface area contributed by atoms with E-state index < -0.39 is 0 Å². The lowest BCUT2D eigenvalue weighted by Gasteiger charge is -2.23. The standard InChI is InChI=1S/C53H33N5/c1-53(2)42-30-49-40(36-20-10-12-22-45(36)56(49)33-16-6-5-7-17-33)28-38(42)39-29-41-37-21-11-15-25-48(37)58(50(41)31-43(39)53)52-44(55-4)26-32(54-3)27-51(52)57-46-23-13-8-18-34(46)35-19-9-14-24-47(35)57/h5-31H,1-2H3. The third-order valence-electron chi connectivity index (χ3n) is 12.6. The second kappa shape index (κ2) is 11.6. The van der Waals surface area contributed by atoms with Crippen molar-refractivity contribution >= 4 is 76.8 Å². The van der Waals surface area contributed by atoms with Crippen LogP contribution in [0.15, 0.2) is 164 Å². The number of rotatable bonds is 3. The number of hydrogen-bond donors (Lipinski definition) is 0. The summed E-state index contributed by atoms with van der Waals surface area (Å²) in [7, 11) is 0. The highest BCUT2D eigenvalue weighted by molar-refractivity contribution is 6.16. The molecule has 12 rings (SSSR count). The van der Waals surface area contributed by atoms with E-state index >= 15 is 0 Å². The lowest BCUT2D eigenvalue weighted by molar-refractivity contribution is 0.661. The predicted molar refractivity (Wildman–Crippen MR) is 240 cm³/mol. The molecule has 3 heterocycles. The van der Waals surface area contributed by atoms with Gasteiger partial charge in [-0.15, -0.1) is 0 Å². The Morgan fingerprint density at radius 2 is 0.862 bits per heavy atom. The molecule has 5 heteroatoms. The Morgan fingerprint density at radius 1 is 0.414 bits per heavy atom. The molecule has 58 heavy (non-hydrogen) atoms. The maximum Gasteiger partial charge on any atom is 0.202 e. The average molecular weight is 740 g/mol. The van der Waals surface area contributed by atoms with Crippen molar-refractivity contribution in [2.24, 2.45) is 0 Å². The van der Waals surface area contributed by atoms with Crippen molar-refractivity contribution in [2.75, 3.05) is 0 Å². The van der Waals surface area contributed by atoms with Crippen LogP contribution in [0.1, 0.15) is 25.0 Å². The minimum Gasteiger partial charge on any atom is -0.317 e. The fourth-order valence-electron chi connectivity index (χ4n) is 10.1. The fraction of sp³-hybridized carbons (Fsp3) is 0.0566. The maximum absolute atomic E-state index is 8.59. The summed E-state index contributed by atoms with van der Waals surface area (Å²) < 4.78 is 6.93. The van der Waals surface area contributed by atoms with Crippen LogP contribution in [-0.4, -0.2) is 13.7 Å². The van der Waals surface area contributed by atoms with Crippen molar-refractivity contribution in [1.82, 2.24) is 13.7 Å². The molecular formula is C53H33N5. The lowest BCUT2D eigenvalue weighted by atomic mass is 9.82. The molecule has 0 amide bonds. The van der Waals surface area contributed by atoms with Crippen molar-refractivity contribution in [2.45, 2.75) is 19.3 Å². The van der Waals surface area contributed by atoms with Gasteiger partial charge in [-0.05, 0) is 95.1 Å². The maximum atomic E-state index is 8.59. The highest BCUT2D eigenvalue weighted by Crippen LogP contribution is 2.54. The number of benzene rings is 8. The first-order valence-corrected chi connectivity index (χ1v) is 19.6. The van der Waals surface area contributed by atoms with Gasteiger partial charge < -0.3 is 13.7 Å². The summed E-state index contributed by atoms with van der Waals surface area (Å²) in [6.07, 6.45) is 0. The van der Waals surface area contributed by atoms with Gasteiger partial charge in [0.1, 0.15) is 0 Å². The van der Waals surface area contributed by atoms with E-state index in [0.29, 0.717) is 11.4 Å². The first-order chi connectivity index (χ1) is 28.5. The second-order valence-corrected chi connectivity index (χ2v) is 15.9. The minimum atomic E-state index is -0.321. The Hall–Kier alpha value is -7.86. The van der Waals surface area contributed by atoms with E-state index in [-0.39, 0.29) is 5.41 Å². The molecule has 0 saturated heterocycles. The van der Waals surface area contributed by atoms with E-state index in [1.807, 2.05) is 6.07 Å². The van der Waals surface area contributed by atoms with Gasteiger partial charge >= 0.3 is 0 Å². The molecule has 0 bridgehead atoms. The Bertz CT molecular complexity index is 3620. The second-order valence-electron chi connectivity index (χ2n) is 15.9. The van der Waals surface area contributed by atoms with Crippen molar-refractivity contribution in [1.29, 1.82) is 0 Å². The van der Waals surface area contributed by atoms with Gasteiger partial charge in [-0.2, -0.15) is 0 Å². The van der Waals surface area contributed by atoms with Crippen molar-refractivity contribution < 1.29 is 0 Å². The summed E-state index contributed by atoms with van der Waals surface area (Å²) in [5, 5.41) is 6.97. The summed E-state index contributed by atoms with van der Waals surface area (Å²) in [4.78, 5) is 8.06. The summed E-state index contributed by atoms with van der Waals surface area (Å²) in [6.45, 7) is 21.4. The SMILES string of the molecule is [C-]#[N+]c1cc([N+]#[C-])c(-n2c3ccccc3c3cc4c(cc32)C(C)(C)c2cc3c(cc2-4)c2ccccc2n3-c2ccccc2)c(-n2c3ccccc3c3ccccc32)c1. The van der Waals surface area contributed by atoms with Gasteiger partial charge in [0.05, 0.1) is 51.9 Å². The predicted octanol–water partition coefficient (Wildman–Crippen LogP) is 14.4. The first-order valence-electron chi connectivity index (χ1n) is 19.6. The molecule has 0 N–H and O–H groups in total. The molecule has 0 radical (unpaired) electrons. The third-order valence-corrected chi connectivity index (χ3v) is 12.6. The zero-order valence-corrected chi connectivity index (χ0v) is 31.8. The molecular weight excluding hydrogens is 707 g/mol. The van der Waals surface area contributed by atoms with Gasteiger partial charge in [0.15, 0.2) is 5.69 Å². The molecule has 0 spiro atoms. The van der Waals surface area contributed by atoms with Crippen LogP contribution in [0.25, 0.3) is 103 Å². The molecule has 270 valence electrons. The molecule has 0 atom stereocenters. The first kappa shape index (κ1) is 32.4. The third kappa shape index (κ3) is 4.17. The number of fused-ring (bicyclic) bond motifs is 12. The van der Waals surface area contributed by atoms with Gasteiger partial charge in [0.25, 0.3) is 0 Å². The van der Waals surface area contributed by atoms with Crippen molar-refractivity contribution in [3.8, 4) is 28.2 Å². The van der Waals surface area contributed by atoms with Crippen molar-refractivity contribution in [3.63, 3.8) is 0 Å². The summed E-state index contributed by atoms with van der Waals surface area (Å²) in [5.41, 5.74) is 14.8. The molecule has 3 aromatic heterocycles. The Labute approximate surface area is 334 Å². The molecule has 0 unspecified atom stereocenters. The van der Waals surface area contributed by atoms with Crippen molar-refractivity contribution in [3.05, 3.63) is 198 Å². The molecule has 0 saturated carbocycles. The lowest BCUT2D eigenvalue weighted by Crippen LogP contribution is -2.15. The van der Waals surface area contributed by atoms with E-state index in [2.05, 4.69) is 189 Å². The van der Waals surface area contributed by atoms with Crippen LogP contribution in [0.4, 0.5) is 11.4 Å². The Kier molecular flexibility index (Phi) is 6.47. The molecule has 11 aromatic rings. The van der Waals surface area contributed by atoms with Crippen LogP contribution in [0.3, 0.4) is 0 Å². The quantitative estimate of drug-likeness (QED) is 0.161. The van der Waals surface area contributed by atoms with Gasteiger partial charge in [0.2, 0.25) is 5.69 Å². The minimum absolute atomic E-state index is 0.321. The van der Waals surface area contributed by atoms with Gasteiger partial charge in [-0.3, -0.25) is 0 Å². The molecule has 0 aliphatic heterocycles. The summed E-state index contributed by atoms with van der Waals surface area (Å²) >= 11 is 0. The number of hydrogen-bond acceptors (Lipinski definition) is 0. The van der Waals surface area contributed by atoms with Crippen LogP contribution in [0, 0.1) is 13.1 Å². The number of nitrogens with zero attached hydrogens (tertiary/aromatic N) is 5. The number of aromatic nitrogens is 3. The highest BCUT2D eigenvalue weighted by Gasteiger charge is 2.38. The van der Waals surface area contributed by atoms with Crippen LogP contribution >= 0.6 is 0 Å². The zero-order chi connectivity index (χ0) is 38.9. The van der Waals surface area contributed by atoms with Crippen LogP contribution < -0.4 is 0 Å². The number of para-hydroxylation sites is 5. The molecule has 1 aliphatic carbocycles. The van der Waals surface area contributed by atoms with E-state index in [1.54, 1.807) is 6.07 Å². The van der Waals surface area contributed by atoms with Gasteiger partial charge in [-0.1, -0.05) is 105 Å².